The quantitative estimate of drug-likeness (QED) is 0.648. The van der Waals surface area contributed by atoms with E-state index in [2.05, 4.69) is 0 Å². The van der Waals surface area contributed by atoms with Gasteiger partial charge in [0.2, 0.25) is 0 Å². The van der Waals surface area contributed by atoms with E-state index >= 15 is 0 Å². The average Bonchev–Trinajstić information content (AvgIpc) is 2.85. The van der Waals surface area contributed by atoms with Crippen LogP contribution in [0.25, 0.3) is 6.08 Å². The summed E-state index contributed by atoms with van der Waals surface area (Å²) in [6.45, 7) is 1.70. The van der Waals surface area contributed by atoms with Crippen LogP contribution in [0.3, 0.4) is 0 Å². The summed E-state index contributed by atoms with van der Waals surface area (Å²) in [6.07, 6.45) is 7.36. The second kappa shape index (κ2) is 9.62. The zero-order valence-corrected chi connectivity index (χ0v) is 15.2. The van der Waals surface area contributed by atoms with Gasteiger partial charge < -0.3 is 10.2 Å². The standard InChI is InChI=1S/C21H27FO4/c1-14-12-15(9-11-18(14)22)8-10-17-16(19(23)13-20(17)24)6-4-2-3-5-7-21(25)26/h8-12,16-17,20,24H,2-7,13H2,1H3,(H,25,26). The molecule has 0 heterocycles. The summed E-state index contributed by atoms with van der Waals surface area (Å²) in [7, 11) is 0. The molecule has 1 aromatic carbocycles. The molecule has 1 saturated carbocycles. The lowest BCUT2D eigenvalue weighted by molar-refractivity contribution is -0.137. The van der Waals surface area contributed by atoms with Crippen molar-refractivity contribution in [2.24, 2.45) is 11.8 Å². The molecule has 0 aliphatic heterocycles. The van der Waals surface area contributed by atoms with E-state index in [1.807, 2.05) is 12.2 Å². The molecule has 1 aromatic rings. The molecule has 3 unspecified atom stereocenters. The van der Waals surface area contributed by atoms with Crippen molar-refractivity contribution < 1.29 is 24.2 Å². The number of hydrogen-bond donors (Lipinski definition) is 2. The zero-order valence-electron chi connectivity index (χ0n) is 15.2. The first-order valence-electron chi connectivity index (χ1n) is 9.25. The lowest BCUT2D eigenvalue weighted by Crippen LogP contribution is -2.18. The largest absolute Gasteiger partial charge is 0.481 e. The van der Waals surface area contributed by atoms with Gasteiger partial charge in [0.1, 0.15) is 11.6 Å². The number of carbonyl (C=O) groups is 2. The van der Waals surface area contributed by atoms with Crippen LogP contribution in [-0.4, -0.2) is 28.1 Å². The van der Waals surface area contributed by atoms with Crippen LogP contribution in [-0.2, 0) is 9.59 Å². The van der Waals surface area contributed by atoms with Gasteiger partial charge in [0, 0.05) is 24.7 Å². The van der Waals surface area contributed by atoms with E-state index in [-0.39, 0.29) is 36.3 Å². The van der Waals surface area contributed by atoms with E-state index in [0.717, 1.165) is 24.8 Å². The van der Waals surface area contributed by atoms with Crippen molar-refractivity contribution in [3.8, 4) is 0 Å². The third-order valence-corrected chi connectivity index (χ3v) is 5.08. The normalized spacial score (nSPS) is 23.0. The second-order valence-electron chi connectivity index (χ2n) is 7.14. The van der Waals surface area contributed by atoms with Crippen LogP contribution in [0.5, 0.6) is 0 Å². The van der Waals surface area contributed by atoms with Crippen LogP contribution in [0.15, 0.2) is 24.3 Å². The second-order valence-corrected chi connectivity index (χ2v) is 7.14. The highest BCUT2D eigenvalue weighted by Crippen LogP contribution is 2.34. The fourth-order valence-electron chi connectivity index (χ4n) is 3.58. The van der Waals surface area contributed by atoms with Crippen molar-refractivity contribution in [1.29, 1.82) is 0 Å². The Morgan fingerprint density at radius 1 is 1.27 bits per heavy atom. The first kappa shape index (κ1) is 20.3. The first-order valence-corrected chi connectivity index (χ1v) is 9.25. The van der Waals surface area contributed by atoms with Gasteiger partial charge in [-0.25, -0.2) is 4.39 Å². The fourth-order valence-corrected chi connectivity index (χ4v) is 3.58. The number of carbonyl (C=O) groups excluding carboxylic acids is 1. The van der Waals surface area contributed by atoms with Gasteiger partial charge >= 0.3 is 5.97 Å². The number of ketones is 1. The van der Waals surface area contributed by atoms with Gasteiger partial charge in [0.25, 0.3) is 0 Å². The maximum absolute atomic E-state index is 13.3. The lowest BCUT2D eigenvalue weighted by Gasteiger charge is -2.17. The molecule has 2 N–H and O–H groups in total. The summed E-state index contributed by atoms with van der Waals surface area (Å²) in [5.41, 5.74) is 1.41. The number of aryl methyl sites for hydroxylation is 1. The Balaban J connectivity index is 1.90. The number of benzene rings is 1. The van der Waals surface area contributed by atoms with Crippen LogP contribution in [0, 0.1) is 24.6 Å². The molecule has 2 rings (SSSR count). The van der Waals surface area contributed by atoms with Gasteiger partial charge in [-0.2, -0.15) is 0 Å². The Labute approximate surface area is 153 Å². The van der Waals surface area contributed by atoms with Gasteiger partial charge in [0.15, 0.2) is 0 Å². The van der Waals surface area contributed by atoms with Gasteiger partial charge in [-0.3, -0.25) is 9.59 Å². The number of unbranched alkanes of at least 4 members (excludes halogenated alkanes) is 3. The van der Waals surface area contributed by atoms with Crippen LogP contribution in [0.1, 0.15) is 56.1 Å². The molecule has 3 atom stereocenters. The topological polar surface area (TPSA) is 74.6 Å². The molecule has 1 aliphatic rings. The van der Waals surface area contributed by atoms with Crippen molar-refractivity contribution in [1.82, 2.24) is 0 Å². The molecule has 0 amide bonds. The number of rotatable bonds is 9. The molecule has 0 aromatic heterocycles. The van der Waals surface area contributed by atoms with Crippen LogP contribution >= 0.6 is 0 Å². The molecule has 0 radical (unpaired) electrons. The third kappa shape index (κ3) is 5.77. The van der Waals surface area contributed by atoms with E-state index in [4.69, 9.17) is 5.11 Å². The average molecular weight is 362 g/mol. The molecule has 4 nitrogen and oxygen atoms in total. The minimum Gasteiger partial charge on any atom is -0.481 e. The highest BCUT2D eigenvalue weighted by Gasteiger charge is 2.39. The predicted molar refractivity (Wildman–Crippen MR) is 98.1 cm³/mol. The highest BCUT2D eigenvalue weighted by atomic mass is 19.1. The zero-order chi connectivity index (χ0) is 19.1. The number of aliphatic hydroxyl groups is 1. The number of aliphatic carboxylic acids is 1. The summed E-state index contributed by atoms with van der Waals surface area (Å²) in [6, 6.07) is 4.84. The van der Waals surface area contributed by atoms with Crippen molar-refractivity contribution in [2.45, 2.75) is 58.0 Å². The van der Waals surface area contributed by atoms with Crippen LogP contribution in [0.2, 0.25) is 0 Å². The summed E-state index contributed by atoms with van der Waals surface area (Å²) in [4.78, 5) is 22.7. The number of hydrogen-bond acceptors (Lipinski definition) is 3. The molecule has 0 saturated heterocycles. The van der Waals surface area contributed by atoms with E-state index in [1.54, 1.807) is 19.1 Å². The van der Waals surface area contributed by atoms with Crippen LogP contribution in [0.4, 0.5) is 4.39 Å². The number of Topliss-reactive ketones (excluding diaryl/α,β-unsaturated/α-hetero) is 1. The Morgan fingerprint density at radius 3 is 2.69 bits per heavy atom. The molecule has 1 aliphatic carbocycles. The van der Waals surface area contributed by atoms with Crippen LogP contribution < -0.4 is 0 Å². The lowest BCUT2D eigenvalue weighted by atomic mass is 9.88. The SMILES string of the molecule is Cc1cc(C=CC2C(O)CC(=O)C2CCCCCCC(=O)O)ccc1F. The van der Waals surface area contributed by atoms with Gasteiger partial charge in [-0.1, -0.05) is 37.5 Å². The van der Waals surface area contributed by atoms with Crippen molar-refractivity contribution in [3.63, 3.8) is 0 Å². The Hall–Kier alpha value is -2.01. The monoisotopic (exact) mass is 362 g/mol. The molecule has 0 spiro atoms. The first-order chi connectivity index (χ1) is 12.4. The number of carboxylic acid groups (broad SMARTS) is 1. The van der Waals surface area contributed by atoms with E-state index < -0.39 is 12.1 Å². The predicted octanol–water partition coefficient (Wildman–Crippen LogP) is 4.14. The van der Waals surface area contributed by atoms with Crippen molar-refractivity contribution >= 4 is 17.8 Å². The summed E-state index contributed by atoms with van der Waals surface area (Å²) >= 11 is 0. The smallest absolute Gasteiger partial charge is 0.303 e. The third-order valence-electron chi connectivity index (χ3n) is 5.08. The number of halogens is 1. The Kier molecular flexibility index (Phi) is 7.51. The minimum absolute atomic E-state index is 0.0907. The fraction of sp³-hybridized carbons (Fsp3) is 0.524. The maximum Gasteiger partial charge on any atom is 0.303 e. The summed E-state index contributed by atoms with van der Waals surface area (Å²) in [5, 5.41) is 18.8. The molecular formula is C21H27FO4. The Morgan fingerprint density at radius 2 is 2.00 bits per heavy atom. The number of aliphatic hydroxyl groups excluding tert-OH is 1. The molecule has 26 heavy (non-hydrogen) atoms. The molecular weight excluding hydrogens is 335 g/mol. The highest BCUT2D eigenvalue weighted by molar-refractivity contribution is 5.84. The van der Waals surface area contributed by atoms with E-state index in [1.165, 1.54) is 6.07 Å². The van der Waals surface area contributed by atoms with Crippen molar-refractivity contribution in [2.75, 3.05) is 0 Å². The van der Waals surface area contributed by atoms with Crippen molar-refractivity contribution in [3.05, 3.63) is 41.2 Å². The van der Waals surface area contributed by atoms with Gasteiger partial charge in [0.05, 0.1) is 6.10 Å². The van der Waals surface area contributed by atoms with E-state index in [9.17, 15) is 19.1 Å². The summed E-state index contributed by atoms with van der Waals surface area (Å²) in [5.74, 6) is -1.35. The molecule has 0 bridgehead atoms. The molecule has 142 valence electrons. The van der Waals surface area contributed by atoms with Gasteiger partial charge in [-0.05, 0) is 43.0 Å². The Bertz CT molecular complexity index is 668. The van der Waals surface area contributed by atoms with E-state index in [0.29, 0.717) is 18.4 Å². The molecule has 5 heteroatoms. The maximum atomic E-state index is 13.3. The summed E-state index contributed by atoms with van der Waals surface area (Å²) < 4.78 is 13.3. The molecule has 1 fully saturated rings. The van der Waals surface area contributed by atoms with Gasteiger partial charge in [-0.15, -0.1) is 0 Å². The number of carboxylic acids is 1. The minimum atomic E-state index is -0.777.